The quantitative estimate of drug-likeness (QED) is 0.822. The maximum atomic E-state index is 11.9. The molecule has 0 aromatic carbocycles. The number of ether oxygens (including phenoxy) is 1. The van der Waals surface area contributed by atoms with E-state index in [9.17, 15) is 18.3 Å². The molecule has 96 valence electrons. The third kappa shape index (κ3) is 4.29. The maximum absolute atomic E-state index is 11.9. The van der Waals surface area contributed by atoms with Crippen molar-refractivity contribution in [3.63, 3.8) is 0 Å². The molecule has 0 aliphatic heterocycles. The number of hydrogen-bond acceptors (Lipinski definition) is 2. The third-order valence-electron chi connectivity index (χ3n) is 3.05. The van der Waals surface area contributed by atoms with Gasteiger partial charge in [-0.3, -0.25) is 0 Å². The standard InChI is InChI=1S/C11H19F3O2/c1-7-5-8(2)10(9(15)6-7)16-4-3-11(12,13)14/h7-10,15H,3-6H2,1-2H3. The second-order valence-electron chi connectivity index (χ2n) is 4.82. The summed E-state index contributed by atoms with van der Waals surface area (Å²) < 4.78 is 40.9. The lowest BCUT2D eigenvalue weighted by Gasteiger charge is -2.36. The first-order chi connectivity index (χ1) is 7.29. The molecule has 5 heteroatoms. The molecule has 0 aromatic heterocycles. The van der Waals surface area contributed by atoms with Crippen LogP contribution >= 0.6 is 0 Å². The highest BCUT2D eigenvalue weighted by molar-refractivity contribution is 4.83. The fraction of sp³-hybridized carbons (Fsp3) is 1.00. The predicted octanol–water partition coefficient (Wildman–Crippen LogP) is 2.75. The zero-order valence-electron chi connectivity index (χ0n) is 9.63. The lowest BCUT2D eigenvalue weighted by atomic mass is 9.79. The third-order valence-corrected chi connectivity index (χ3v) is 3.05. The first-order valence-corrected chi connectivity index (χ1v) is 5.66. The van der Waals surface area contributed by atoms with Gasteiger partial charge in [-0.05, 0) is 24.7 Å². The van der Waals surface area contributed by atoms with E-state index in [-0.39, 0.29) is 12.5 Å². The Kier molecular flexibility index (Phi) is 4.62. The van der Waals surface area contributed by atoms with E-state index in [2.05, 4.69) is 0 Å². The molecular formula is C11H19F3O2. The van der Waals surface area contributed by atoms with Crippen LogP contribution in [0.15, 0.2) is 0 Å². The van der Waals surface area contributed by atoms with E-state index in [1.165, 1.54) is 0 Å². The topological polar surface area (TPSA) is 29.5 Å². The van der Waals surface area contributed by atoms with E-state index in [4.69, 9.17) is 4.74 Å². The Balaban J connectivity index is 2.35. The number of aliphatic hydroxyl groups is 1. The van der Waals surface area contributed by atoms with Crippen LogP contribution in [0.3, 0.4) is 0 Å². The van der Waals surface area contributed by atoms with E-state index in [0.29, 0.717) is 12.3 Å². The molecule has 4 unspecified atom stereocenters. The van der Waals surface area contributed by atoms with Gasteiger partial charge in [-0.25, -0.2) is 0 Å². The second kappa shape index (κ2) is 5.36. The summed E-state index contributed by atoms with van der Waals surface area (Å²) in [7, 11) is 0. The van der Waals surface area contributed by atoms with Crippen molar-refractivity contribution in [1.82, 2.24) is 0 Å². The Hall–Kier alpha value is -0.290. The molecule has 1 aliphatic rings. The summed E-state index contributed by atoms with van der Waals surface area (Å²) in [5.41, 5.74) is 0. The van der Waals surface area contributed by atoms with E-state index in [1.807, 2.05) is 13.8 Å². The molecule has 16 heavy (non-hydrogen) atoms. The van der Waals surface area contributed by atoms with E-state index in [1.54, 1.807) is 0 Å². The Labute approximate surface area is 93.8 Å². The Morgan fingerprint density at radius 3 is 2.38 bits per heavy atom. The second-order valence-corrected chi connectivity index (χ2v) is 4.82. The van der Waals surface area contributed by atoms with Crippen molar-refractivity contribution >= 4 is 0 Å². The molecule has 0 heterocycles. The van der Waals surface area contributed by atoms with Crippen LogP contribution in [-0.2, 0) is 4.74 Å². The summed E-state index contributed by atoms with van der Waals surface area (Å²) in [4.78, 5) is 0. The number of aliphatic hydroxyl groups excluding tert-OH is 1. The minimum Gasteiger partial charge on any atom is -0.390 e. The molecule has 0 amide bonds. The van der Waals surface area contributed by atoms with Gasteiger partial charge in [0.1, 0.15) is 0 Å². The highest BCUT2D eigenvalue weighted by Crippen LogP contribution is 2.31. The van der Waals surface area contributed by atoms with Crippen molar-refractivity contribution in [1.29, 1.82) is 0 Å². The molecule has 0 bridgehead atoms. The molecule has 0 aromatic rings. The normalized spacial score (nSPS) is 36.4. The van der Waals surface area contributed by atoms with Crippen molar-refractivity contribution in [3.8, 4) is 0 Å². The van der Waals surface area contributed by atoms with Crippen LogP contribution in [0.5, 0.6) is 0 Å². The molecule has 1 rings (SSSR count). The van der Waals surface area contributed by atoms with Gasteiger partial charge in [-0.15, -0.1) is 0 Å². The molecule has 1 N–H and O–H groups in total. The largest absolute Gasteiger partial charge is 0.391 e. The minimum absolute atomic E-state index is 0.118. The summed E-state index contributed by atoms with van der Waals surface area (Å²) in [6.45, 7) is 3.59. The van der Waals surface area contributed by atoms with Crippen molar-refractivity contribution in [2.24, 2.45) is 11.8 Å². The Bertz CT molecular complexity index is 206. The zero-order chi connectivity index (χ0) is 12.3. The lowest BCUT2D eigenvalue weighted by molar-refractivity contribution is -0.163. The van der Waals surface area contributed by atoms with Crippen molar-refractivity contribution in [2.75, 3.05) is 6.61 Å². The van der Waals surface area contributed by atoms with Crippen molar-refractivity contribution < 1.29 is 23.0 Å². The van der Waals surface area contributed by atoms with Gasteiger partial charge in [-0.2, -0.15) is 13.2 Å². The molecule has 1 saturated carbocycles. The molecular weight excluding hydrogens is 221 g/mol. The van der Waals surface area contributed by atoms with Gasteiger partial charge < -0.3 is 9.84 Å². The number of alkyl halides is 3. The van der Waals surface area contributed by atoms with Gasteiger partial charge >= 0.3 is 6.18 Å². The molecule has 4 atom stereocenters. The predicted molar refractivity (Wildman–Crippen MR) is 54.0 cm³/mol. The Morgan fingerprint density at radius 1 is 1.25 bits per heavy atom. The summed E-state index contributed by atoms with van der Waals surface area (Å²) in [6, 6.07) is 0. The maximum Gasteiger partial charge on any atom is 0.391 e. The molecule has 0 radical (unpaired) electrons. The van der Waals surface area contributed by atoms with Crippen LogP contribution in [0.1, 0.15) is 33.1 Å². The first kappa shape index (κ1) is 13.8. The average Bonchev–Trinajstić information content (AvgIpc) is 2.07. The van der Waals surface area contributed by atoms with Crippen LogP contribution < -0.4 is 0 Å². The summed E-state index contributed by atoms with van der Waals surface area (Å²) in [5.74, 6) is 0.527. The van der Waals surface area contributed by atoms with Gasteiger partial charge in [-0.1, -0.05) is 13.8 Å². The van der Waals surface area contributed by atoms with Crippen LogP contribution in [-0.4, -0.2) is 30.1 Å². The smallest absolute Gasteiger partial charge is 0.390 e. The molecule has 2 nitrogen and oxygen atoms in total. The van der Waals surface area contributed by atoms with Crippen molar-refractivity contribution in [2.45, 2.75) is 51.5 Å². The molecule has 1 aliphatic carbocycles. The fourth-order valence-electron chi connectivity index (χ4n) is 2.38. The molecule has 1 fully saturated rings. The van der Waals surface area contributed by atoms with Gasteiger partial charge in [0.25, 0.3) is 0 Å². The van der Waals surface area contributed by atoms with Crippen LogP contribution in [0, 0.1) is 11.8 Å². The highest BCUT2D eigenvalue weighted by atomic mass is 19.4. The summed E-state index contributed by atoms with van der Waals surface area (Å²) >= 11 is 0. The monoisotopic (exact) mass is 240 g/mol. The molecule has 0 saturated heterocycles. The molecule has 0 spiro atoms. The van der Waals surface area contributed by atoms with Gasteiger partial charge in [0, 0.05) is 0 Å². The fourth-order valence-corrected chi connectivity index (χ4v) is 2.38. The van der Waals surface area contributed by atoms with Gasteiger partial charge in [0.05, 0.1) is 25.2 Å². The zero-order valence-corrected chi connectivity index (χ0v) is 9.63. The average molecular weight is 240 g/mol. The number of rotatable bonds is 3. The van der Waals surface area contributed by atoms with Crippen molar-refractivity contribution in [3.05, 3.63) is 0 Å². The highest BCUT2D eigenvalue weighted by Gasteiger charge is 2.34. The SMILES string of the molecule is CC1CC(C)C(OCCC(F)(F)F)C(O)C1. The summed E-state index contributed by atoms with van der Waals surface area (Å²) in [5, 5.41) is 9.73. The van der Waals surface area contributed by atoms with E-state index < -0.39 is 24.8 Å². The van der Waals surface area contributed by atoms with E-state index in [0.717, 1.165) is 6.42 Å². The number of hydrogen-bond donors (Lipinski definition) is 1. The number of halogens is 3. The van der Waals surface area contributed by atoms with E-state index >= 15 is 0 Å². The van der Waals surface area contributed by atoms with Crippen LogP contribution in [0.4, 0.5) is 13.2 Å². The van der Waals surface area contributed by atoms with Crippen LogP contribution in [0.2, 0.25) is 0 Å². The minimum atomic E-state index is -4.18. The summed E-state index contributed by atoms with van der Waals surface area (Å²) in [6.07, 6.45) is -4.70. The lowest BCUT2D eigenvalue weighted by Crippen LogP contribution is -2.41. The van der Waals surface area contributed by atoms with Gasteiger partial charge in [0.2, 0.25) is 0 Å². The first-order valence-electron chi connectivity index (χ1n) is 5.66. The van der Waals surface area contributed by atoms with Gasteiger partial charge in [0.15, 0.2) is 0 Å². The van der Waals surface area contributed by atoms with Crippen LogP contribution in [0.25, 0.3) is 0 Å². The Morgan fingerprint density at radius 2 is 1.88 bits per heavy atom.